The van der Waals surface area contributed by atoms with Crippen molar-refractivity contribution in [2.75, 3.05) is 17.2 Å². The van der Waals surface area contributed by atoms with Crippen molar-refractivity contribution in [2.45, 2.75) is 13.0 Å². The number of benzene rings is 2. The fraction of sp³-hybridized carbons (Fsp3) is 0.130. The van der Waals surface area contributed by atoms with Crippen LogP contribution in [0.3, 0.4) is 0 Å². The van der Waals surface area contributed by atoms with Crippen LogP contribution in [0.4, 0.5) is 17.2 Å². The zero-order valence-electron chi connectivity index (χ0n) is 17.2. The molecule has 2 aromatic carbocycles. The first kappa shape index (κ1) is 19.6. The summed E-state index contributed by atoms with van der Waals surface area (Å²) in [6.45, 7) is 1.99. The van der Waals surface area contributed by atoms with Gasteiger partial charge in [-0.15, -0.1) is 0 Å². The van der Waals surface area contributed by atoms with Crippen molar-refractivity contribution < 1.29 is 14.3 Å². The number of nitrogens with zero attached hydrogens (tertiary/aromatic N) is 4. The Morgan fingerprint density at radius 1 is 1.06 bits per heavy atom. The molecule has 9 nitrogen and oxygen atoms in total. The molecule has 2 aromatic heterocycles. The second-order valence-electron chi connectivity index (χ2n) is 7.18. The Balaban J connectivity index is 1.24. The zero-order chi connectivity index (χ0) is 21.9. The van der Waals surface area contributed by atoms with Gasteiger partial charge < -0.3 is 20.1 Å². The summed E-state index contributed by atoms with van der Waals surface area (Å²) in [5.41, 5.74) is 1.48. The molecule has 0 saturated carbocycles. The maximum Gasteiger partial charge on any atom is 0.269 e. The van der Waals surface area contributed by atoms with Gasteiger partial charge in [-0.05, 0) is 43.3 Å². The molecule has 0 radical (unpaired) electrons. The molecule has 0 saturated heterocycles. The molecule has 1 aliphatic rings. The largest absolute Gasteiger partial charge is 0.485 e. The van der Waals surface area contributed by atoms with E-state index in [0.29, 0.717) is 28.8 Å². The molecule has 32 heavy (non-hydrogen) atoms. The van der Waals surface area contributed by atoms with Gasteiger partial charge in [0.25, 0.3) is 5.91 Å². The summed E-state index contributed by atoms with van der Waals surface area (Å²) in [6, 6.07) is 16.5. The van der Waals surface area contributed by atoms with Gasteiger partial charge in [0.05, 0.1) is 0 Å². The van der Waals surface area contributed by atoms with E-state index in [1.165, 1.54) is 0 Å². The summed E-state index contributed by atoms with van der Waals surface area (Å²) in [5, 5.41) is 6.12. The Kier molecular flexibility index (Phi) is 5.12. The Morgan fingerprint density at radius 3 is 2.62 bits per heavy atom. The number of aromatic nitrogens is 4. The molecule has 160 valence electrons. The first-order chi connectivity index (χ1) is 15.6. The molecule has 2 N–H and O–H groups in total. The molecule has 1 aliphatic heterocycles. The topological polar surface area (TPSA) is 103 Å². The van der Waals surface area contributed by atoms with Crippen LogP contribution in [0.5, 0.6) is 11.5 Å². The summed E-state index contributed by atoms with van der Waals surface area (Å²) >= 11 is 0. The van der Waals surface area contributed by atoms with Crippen molar-refractivity contribution in [3.8, 4) is 17.3 Å². The Labute approximate surface area is 184 Å². The summed E-state index contributed by atoms with van der Waals surface area (Å²) < 4.78 is 13.2. The van der Waals surface area contributed by atoms with Gasteiger partial charge in [-0.1, -0.05) is 12.1 Å². The molecule has 5 rings (SSSR count). The zero-order valence-corrected chi connectivity index (χ0v) is 17.2. The maximum atomic E-state index is 12.6. The minimum Gasteiger partial charge on any atom is -0.485 e. The molecule has 1 atom stereocenters. The smallest absolute Gasteiger partial charge is 0.269 e. The fourth-order valence-electron chi connectivity index (χ4n) is 3.30. The van der Waals surface area contributed by atoms with Gasteiger partial charge in [0.1, 0.15) is 30.4 Å². The summed E-state index contributed by atoms with van der Waals surface area (Å²) in [6.07, 6.45) is 4.49. The first-order valence-corrected chi connectivity index (χ1v) is 10.0. The van der Waals surface area contributed by atoms with E-state index < -0.39 is 6.10 Å². The standard InChI is InChI=1S/C23H20N6O3/c1-15-25-21(12-22(26-15)29-11-10-24-14-29)27-16-6-8-17(9-7-16)28-23(30)20-13-31-18-4-2-3-5-19(18)32-20/h2-12,14,20H,13H2,1H3,(H,28,30)(H,25,26,27)/t20-/m0/s1. The third-order valence-electron chi connectivity index (χ3n) is 4.82. The van der Waals surface area contributed by atoms with Crippen molar-refractivity contribution in [3.05, 3.63) is 79.1 Å². The molecule has 1 amide bonds. The van der Waals surface area contributed by atoms with E-state index in [9.17, 15) is 4.79 Å². The second kappa shape index (κ2) is 8.38. The van der Waals surface area contributed by atoms with Crippen molar-refractivity contribution in [1.82, 2.24) is 19.5 Å². The molecular weight excluding hydrogens is 408 g/mol. The van der Waals surface area contributed by atoms with Gasteiger partial charge in [-0.25, -0.2) is 15.0 Å². The molecule has 4 aromatic rings. The van der Waals surface area contributed by atoms with Crippen LogP contribution in [-0.4, -0.2) is 38.1 Å². The number of nitrogens with one attached hydrogen (secondary N) is 2. The van der Waals surface area contributed by atoms with Gasteiger partial charge in [-0.2, -0.15) is 0 Å². The van der Waals surface area contributed by atoms with Gasteiger partial charge in [0.2, 0.25) is 6.10 Å². The molecule has 0 fully saturated rings. The van der Waals surface area contributed by atoms with Crippen molar-refractivity contribution in [2.24, 2.45) is 0 Å². The highest BCUT2D eigenvalue weighted by atomic mass is 16.6. The van der Waals surface area contributed by atoms with Gasteiger partial charge >= 0.3 is 0 Å². The number of aryl methyl sites for hydroxylation is 1. The lowest BCUT2D eigenvalue weighted by Crippen LogP contribution is -2.40. The number of anilines is 3. The summed E-state index contributed by atoms with van der Waals surface area (Å²) in [5.74, 6) is 2.95. The molecular formula is C23H20N6O3. The van der Waals surface area contributed by atoms with Crippen LogP contribution in [-0.2, 0) is 4.79 Å². The Bertz CT molecular complexity index is 1240. The van der Waals surface area contributed by atoms with Crippen LogP contribution < -0.4 is 20.1 Å². The van der Waals surface area contributed by atoms with E-state index in [4.69, 9.17) is 9.47 Å². The number of amides is 1. The predicted octanol–water partition coefficient (Wildman–Crippen LogP) is 3.49. The van der Waals surface area contributed by atoms with Crippen LogP contribution in [0, 0.1) is 6.92 Å². The quantitative estimate of drug-likeness (QED) is 0.501. The third kappa shape index (κ3) is 4.22. The third-order valence-corrected chi connectivity index (χ3v) is 4.82. The average molecular weight is 428 g/mol. The molecule has 3 heterocycles. The Morgan fingerprint density at radius 2 is 1.84 bits per heavy atom. The van der Waals surface area contributed by atoms with Crippen LogP contribution in [0.15, 0.2) is 73.3 Å². The van der Waals surface area contributed by atoms with Crippen LogP contribution in [0.25, 0.3) is 5.82 Å². The highest BCUT2D eigenvalue weighted by molar-refractivity contribution is 5.94. The number of para-hydroxylation sites is 2. The molecule has 0 bridgehead atoms. The number of imidazole rings is 1. The highest BCUT2D eigenvalue weighted by Gasteiger charge is 2.27. The number of fused-ring (bicyclic) bond motifs is 1. The summed E-state index contributed by atoms with van der Waals surface area (Å²) in [7, 11) is 0. The van der Waals surface area contributed by atoms with Crippen molar-refractivity contribution in [3.63, 3.8) is 0 Å². The van der Waals surface area contributed by atoms with Crippen LogP contribution in [0.1, 0.15) is 5.82 Å². The van der Waals surface area contributed by atoms with Crippen molar-refractivity contribution in [1.29, 1.82) is 0 Å². The van der Waals surface area contributed by atoms with Crippen LogP contribution in [0.2, 0.25) is 0 Å². The number of hydrogen-bond donors (Lipinski definition) is 2. The number of carbonyl (C=O) groups excluding carboxylic acids is 1. The van der Waals surface area contributed by atoms with Gasteiger partial charge in [-0.3, -0.25) is 9.36 Å². The van der Waals surface area contributed by atoms with Gasteiger partial charge in [0.15, 0.2) is 11.5 Å². The van der Waals surface area contributed by atoms with E-state index in [0.717, 1.165) is 11.5 Å². The molecule has 0 unspecified atom stereocenters. The SMILES string of the molecule is Cc1nc(Nc2ccc(NC(=O)[C@@H]3COc4ccccc4O3)cc2)cc(-n2ccnc2)n1. The van der Waals surface area contributed by atoms with E-state index in [-0.39, 0.29) is 12.5 Å². The lowest BCUT2D eigenvalue weighted by atomic mass is 10.2. The second-order valence-corrected chi connectivity index (χ2v) is 7.18. The lowest BCUT2D eigenvalue weighted by molar-refractivity contribution is -0.125. The average Bonchev–Trinajstić information content (AvgIpc) is 3.35. The molecule has 0 spiro atoms. The number of rotatable bonds is 5. The monoisotopic (exact) mass is 428 g/mol. The van der Waals surface area contributed by atoms with E-state index in [2.05, 4.69) is 25.6 Å². The predicted molar refractivity (Wildman–Crippen MR) is 119 cm³/mol. The number of hydrogen-bond acceptors (Lipinski definition) is 7. The van der Waals surface area contributed by atoms with E-state index in [1.807, 2.05) is 66.2 Å². The molecule has 9 heteroatoms. The lowest BCUT2D eigenvalue weighted by Gasteiger charge is -2.25. The Hall–Kier alpha value is -4.40. The minimum absolute atomic E-state index is 0.162. The highest BCUT2D eigenvalue weighted by Crippen LogP contribution is 2.31. The van der Waals surface area contributed by atoms with Crippen molar-refractivity contribution >= 4 is 23.1 Å². The summed E-state index contributed by atoms with van der Waals surface area (Å²) in [4.78, 5) is 25.5. The maximum absolute atomic E-state index is 12.6. The minimum atomic E-state index is -0.715. The van der Waals surface area contributed by atoms with E-state index in [1.54, 1.807) is 18.6 Å². The van der Waals surface area contributed by atoms with Crippen LogP contribution >= 0.6 is 0 Å². The fourth-order valence-corrected chi connectivity index (χ4v) is 3.30. The molecule has 0 aliphatic carbocycles. The number of carbonyl (C=O) groups is 1. The van der Waals surface area contributed by atoms with Gasteiger partial charge in [0, 0.05) is 29.8 Å². The first-order valence-electron chi connectivity index (χ1n) is 10.0. The number of ether oxygens (including phenoxy) is 2. The normalized spacial score (nSPS) is 14.6. The van der Waals surface area contributed by atoms with E-state index >= 15 is 0 Å².